The minimum Gasteiger partial charge on any atom is -0.508 e. The standard InChI is InChI=1S/C58H81N17O14/c1-30(2)22-42(50(82)67-40(16-11-21-63-56(60)62-5)49(81)68-41(48(59)80)25-35-27-64-39-15-10-9-14-38(35)39)71-58(89)74-73-52(84)43(23-33-12-7-6-8-13-33)69-54(86)47(31(3)76)72-51(83)45(28-65-57(61)88)70-53(85)46-26-37(79)29-75(46)55(87)44(66-32(4)77)24-34-17-19-36(78)20-18-34/h6-10,12-15,17-20,27,30-31,37,40-47,64,76,78-79H,11,16,21-26,28-29H2,1-5H3,(H2,59,80)(H,66,77)(H,67,82)(H,68,81)(H,69,86)(H,70,85)(H,72,83)(H,73,84)(H3,60,62,63)(H3,61,65,88)(H2,71,74,89)/t31-,37-,40+,41+,42+,43+,44-,45+,46+,47+/m1/s1. The van der Waals surface area contributed by atoms with Crippen molar-refractivity contribution in [3.05, 3.63) is 102 Å². The fourth-order valence-corrected chi connectivity index (χ4v) is 9.74. The van der Waals surface area contributed by atoms with Crippen molar-refractivity contribution in [2.45, 2.75) is 133 Å². The molecule has 0 unspecified atom stereocenters. The molecule has 0 spiro atoms. The highest BCUT2D eigenvalue weighted by Gasteiger charge is 2.43. The van der Waals surface area contributed by atoms with Crippen molar-refractivity contribution in [3.8, 4) is 5.75 Å². The molecule has 0 aliphatic carbocycles. The van der Waals surface area contributed by atoms with Crippen LogP contribution >= 0.6 is 0 Å². The van der Waals surface area contributed by atoms with Crippen LogP contribution in [0, 0.1) is 5.92 Å². The molecule has 0 bridgehead atoms. The number of β-amino-alcohol motifs (C(OH)–C–C–N with tert-alkyl or cyclic N) is 1. The minimum atomic E-state index is -1.88. The van der Waals surface area contributed by atoms with E-state index in [0.717, 1.165) is 22.7 Å². The molecular weight excluding hydrogens is 1160 g/mol. The van der Waals surface area contributed by atoms with Crippen LogP contribution in [0.25, 0.3) is 10.9 Å². The van der Waals surface area contributed by atoms with E-state index in [4.69, 9.17) is 17.2 Å². The number of para-hydroxylation sites is 1. The highest BCUT2D eigenvalue weighted by atomic mass is 16.3. The number of phenols is 1. The quantitative estimate of drug-likeness (QED) is 0.0104. The van der Waals surface area contributed by atoms with E-state index >= 15 is 0 Å². The SMILES string of the molecule is CN=C(N)NCCC[C@H](NC(=O)[C@H](CC(C)C)NC(=O)NNC(=O)[C@H](Cc1ccccc1)NC(=O)[C@@H](NC(=O)[C@H](CNC(N)=O)NC(=O)[C@@H]1C[C@@H](O)CN1C(=O)[C@@H](Cc1ccc(O)cc1)NC(C)=O)[C@@H](C)O)C(=O)N[C@@H](Cc1c[nH]c2ccccc12)C(N)=O. The molecule has 21 N–H and O–H groups in total. The predicted molar refractivity (Wildman–Crippen MR) is 324 cm³/mol. The number of fused-ring (bicyclic) bond motifs is 1. The molecular formula is C58H81N17O14. The number of urea groups is 2. The van der Waals surface area contributed by atoms with Gasteiger partial charge in [0.15, 0.2) is 5.96 Å². The van der Waals surface area contributed by atoms with Crippen molar-refractivity contribution in [2.24, 2.45) is 28.1 Å². The van der Waals surface area contributed by atoms with Crippen LogP contribution in [0.5, 0.6) is 5.75 Å². The van der Waals surface area contributed by atoms with E-state index in [9.17, 15) is 68.1 Å². The molecule has 0 radical (unpaired) electrons. The molecule has 0 saturated carbocycles. The molecule has 4 aromatic rings. The van der Waals surface area contributed by atoms with Crippen molar-refractivity contribution in [3.63, 3.8) is 0 Å². The molecule has 31 nitrogen and oxygen atoms in total. The Hall–Kier alpha value is -10.0. The first-order chi connectivity index (χ1) is 42.2. The van der Waals surface area contributed by atoms with Gasteiger partial charge in [0, 0.05) is 76.4 Å². The number of nitrogens with two attached hydrogens (primary N) is 3. The Bertz CT molecular complexity index is 3160. The molecule has 1 fully saturated rings. The molecule has 3 aromatic carbocycles. The number of aromatic amines is 1. The number of aliphatic hydroxyl groups is 2. The van der Waals surface area contributed by atoms with Gasteiger partial charge in [-0.2, -0.15) is 0 Å². The van der Waals surface area contributed by atoms with E-state index < -0.39 is 132 Å². The Morgan fingerprint density at radius 1 is 0.663 bits per heavy atom. The normalized spacial score (nSPS) is 16.5. The van der Waals surface area contributed by atoms with Gasteiger partial charge in [-0.3, -0.25) is 53.6 Å². The minimum absolute atomic E-state index is 0.0113. The zero-order valence-electron chi connectivity index (χ0n) is 50.0. The van der Waals surface area contributed by atoms with E-state index in [1.165, 1.54) is 38.2 Å². The van der Waals surface area contributed by atoms with E-state index in [1.54, 1.807) is 50.4 Å². The summed E-state index contributed by atoms with van der Waals surface area (Å²) >= 11 is 0. The van der Waals surface area contributed by atoms with E-state index in [0.29, 0.717) is 16.7 Å². The van der Waals surface area contributed by atoms with Gasteiger partial charge in [-0.1, -0.05) is 74.5 Å². The second kappa shape index (κ2) is 33.8. The number of guanidine groups is 1. The number of amides is 13. The van der Waals surface area contributed by atoms with Crippen LogP contribution < -0.4 is 75.9 Å². The number of aromatic hydroxyl groups is 1. The van der Waals surface area contributed by atoms with E-state index in [1.807, 2.05) is 24.3 Å². The zero-order valence-corrected chi connectivity index (χ0v) is 50.0. The van der Waals surface area contributed by atoms with Gasteiger partial charge >= 0.3 is 12.1 Å². The second-order valence-electron chi connectivity index (χ2n) is 21.8. The number of hydrazine groups is 1. The van der Waals surface area contributed by atoms with Crippen molar-refractivity contribution in [1.29, 1.82) is 0 Å². The first kappa shape index (κ1) is 69.7. The number of aliphatic imine (C=N–C) groups is 1. The first-order valence-corrected chi connectivity index (χ1v) is 28.7. The maximum atomic E-state index is 14.2. The third-order valence-electron chi connectivity index (χ3n) is 14.2. The molecule has 89 heavy (non-hydrogen) atoms. The van der Waals surface area contributed by atoms with Crippen molar-refractivity contribution in [1.82, 2.24) is 68.6 Å². The van der Waals surface area contributed by atoms with Gasteiger partial charge < -0.3 is 90.3 Å². The Labute approximate surface area is 512 Å². The third-order valence-corrected chi connectivity index (χ3v) is 14.2. The summed E-state index contributed by atoms with van der Waals surface area (Å²) in [5.74, 6) is -8.29. The smallest absolute Gasteiger partial charge is 0.334 e. The predicted octanol–water partition coefficient (Wildman–Crippen LogP) is -3.61. The van der Waals surface area contributed by atoms with Crippen LogP contribution in [-0.4, -0.2) is 184 Å². The van der Waals surface area contributed by atoms with Gasteiger partial charge in [-0.15, -0.1) is 0 Å². The number of nitrogens with zero attached hydrogens (tertiary/aromatic N) is 2. The van der Waals surface area contributed by atoms with Crippen molar-refractivity contribution >= 4 is 82.1 Å². The number of primary amides is 2. The third kappa shape index (κ3) is 22.0. The van der Waals surface area contributed by atoms with Crippen LogP contribution in [0.3, 0.4) is 0 Å². The van der Waals surface area contributed by atoms with Gasteiger partial charge in [0.05, 0.1) is 12.2 Å². The van der Waals surface area contributed by atoms with Gasteiger partial charge in [-0.05, 0) is 67.0 Å². The maximum Gasteiger partial charge on any atom is 0.334 e. The number of aromatic nitrogens is 1. The summed E-state index contributed by atoms with van der Waals surface area (Å²) in [5.41, 5.74) is 23.8. The number of hydrogen-bond acceptors (Lipinski definition) is 15. The summed E-state index contributed by atoms with van der Waals surface area (Å²) in [5, 5.41) is 54.9. The fraction of sp³-hybridized carbons (Fsp3) is 0.448. The van der Waals surface area contributed by atoms with Crippen LogP contribution in [0.2, 0.25) is 0 Å². The summed E-state index contributed by atoms with van der Waals surface area (Å²) in [7, 11) is 1.48. The topological polar surface area (TPSA) is 490 Å². The summed E-state index contributed by atoms with van der Waals surface area (Å²) < 4.78 is 0. The summed E-state index contributed by atoms with van der Waals surface area (Å²) in [4.78, 5) is 157. The number of H-pyrrole nitrogens is 1. The van der Waals surface area contributed by atoms with Crippen molar-refractivity contribution in [2.75, 3.05) is 26.7 Å². The lowest BCUT2D eigenvalue weighted by atomic mass is 10.0. The zero-order chi connectivity index (χ0) is 65.5. The number of likely N-dealkylation sites (tertiary alicyclic amines) is 1. The van der Waals surface area contributed by atoms with Crippen LogP contribution in [-0.2, 0) is 62.4 Å². The van der Waals surface area contributed by atoms with Gasteiger partial charge in [0.25, 0.3) is 5.91 Å². The second-order valence-corrected chi connectivity index (χ2v) is 21.8. The highest BCUT2D eigenvalue weighted by Crippen LogP contribution is 2.23. The summed E-state index contributed by atoms with van der Waals surface area (Å²) in [6.45, 7) is 5.01. The molecule has 10 atom stereocenters. The summed E-state index contributed by atoms with van der Waals surface area (Å²) in [6, 6.07) is 7.41. The van der Waals surface area contributed by atoms with Crippen LogP contribution in [0.4, 0.5) is 9.59 Å². The number of carbonyl (C=O) groups excluding carboxylic acids is 11. The van der Waals surface area contributed by atoms with Crippen molar-refractivity contribution < 1.29 is 68.1 Å². The Balaban J connectivity index is 1.28. The lowest BCUT2D eigenvalue weighted by molar-refractivity contribution is -0.142. The van der Waals surface area contributed by atoms with Crippen LogP contribution in [0.15, 0.2) is 90.1 Å². The molecule has 1 aromatic heterocycles. The number of benzene rings is 3. The first-order valence-electron chi connectivity index (χ1n) is 28.7. The number of hydrogen-bond donors (Lipinski definition) is 18. The van der Waals surface area contributed by atoms with E-state index in [-0.39, 0.29) is 75.7 Å². The fourth-order valence-electron chi connectivity index (χ4n) is 9.74. The number of phenolic OH excluding ortho intramolecular Hbond substituents is 1. The average Bonchev–Trinajstić information content (AvgIpc) is 2.21. The summed E-state index contributed by atoms with van der Waals surface area (Å²) in [6.07, 6.45) is -1.58. The Morgan fingerprint density at radius 3 is 1.92 bits per heavy atom. The lowest BCUT2D eigenvalue weighted by Crippen LogP contribution is -2.63. The molecule has 5 rings (SSSR count). The number of nitrogens with one attached hydrogen (secondary N) is 12. The number of rotatable bonds is 30. The molecule has 482 valence electrons. The van der Waals surface area contributed by atoms with Crippen LogP contribution in [0.1, 0.15) is 70.1 Å². The maximum absolute atomic E-state index is 14.2. The monoisotopic (exact) mass is 1240 g/mol. The lowest BCUT2D eigenvalue weighted by Gasteiger charge is -2.30. The van der Waals surface area contributed by atoms with Gasteiger partial charge in [0.1, 0.15) is 54.1 Å². The highest BCUT2D eigenvalue weighted by molar-refractivity contribution is 5.98. The number of carbonyl (C=O) groups is 11. The Morgan fingerprint density at radius 2 is 1.28 bits per heavy atom. The van der Waals surface area contributed by atoms with E-state index in [2.05, 4.69) is 68.7 Å². The van der Waals surface area contributed by atoms with Gasteiger partial charge in [-0.25, -0.2) is 15.0 Å². The largest absolute Gasteiger partial charge is 0.508 e. The number of aliphatic hydroxyl groups excluding tert-OH is 2. The molecule has 31 heteroatoms. The molecule has 1 saturated heterocycles. The Kier molecular flexibility index (Phi) is 26.4. The van der Waals surface area contributed by atoms with Gasteiger partial charge in [0.2, 0.25) is 47.3 Å². The molecule has 1 aliphatic heterocycles. The molecule has 1 aliphatic rings. The molecule has 13 amide bonds. The average molecular weight is 1240 g/mol. The molecule has 2 heterocycles.